The van der Waals surface area contributed by atoms with Crippen molar-refractivity contribution in [1.82, 2.24) is 29.3 Å². The minimum Gasteiger partial charge on any atom is -0.387 e. The number of aromatic nitrogens is 4. The number of likely N-dealkylation sites (N-methyl/N-ethyl adjacent to an activating group) is 2. The van der Waals surface area contributed by atoms with Crippen LogP contribution in [0.4, 0.5) is 5.82 Å². The SMILES string of the molecule is CCN(CC)CCN(C)C[C@H]1O[C@@H](n2cnc3c(N)ncnc32)[C@H](O)[C@@H]1O. The maximum atomic E-state index is 10.5. The van der Waals surface area contributed by atoms with Crippen LogP contribution in [0.5, 0.6) is 0 Å². The summed E-state index contributed by atoms with van der Waals surface area (Å²) in [5, 5.41) is 21.0. The summed E-state index contributed by atoms with van der Waals surface area (Å²) >= 11 is 0. The molecule has 4 N–H and O–H groups in total. The Morgan fingerprint density at radius 2 is 1.89 bits per heavy atom. The molecule has 10 nitrogen and oxygen atoms in total. The van der Waals surface area contributed by atoms with Gasteiger partial charge in [-0.3, -0.25) is 4.57 Å². The fourth-order valence-electron chi connectivity index (χ4n) is 3.42. The topological polar surface area (TPSA) is 126 Å². The lowest BCUT2D eigenvalue weighted by Gasteiger charge is -2.26. The molecule has 2 aromatic heterocycles. The van der Waals surface area contributed by atoms with E-state index in [0.29, 0.717) is 17.7 Å². The molecule has 0 saturated carbocycles. The molecule has 0 spiro atoms. The van der Waals surface area contributed by atoms with E-state index in [2.05, 4.69) is 38.6 Å². The molecule has 1 aliphatic rings. The van der Waals surface area contributed by atoms with E-state index in [9.17, 15) is 10.2 Å². The van der Waals surface area contributed by atoms with Gasteiger partial charge in [-0.1, -0.05) is 13.8 Å². The molecule has 0 radical (unpaired) electrons. The number of hydrogen-bond acceptors (Lipinski definition) is 9. The first-order valence-electron chi connectivity index (χ1n) is 9.31. The molecule has 0 amide bonds. The molecular weight excluding hydrogens is 350 g/mol. The van der Waals surface area contributed by atoms with E-state index in [1.165, 1.54) is 12.7 Å². The smallest absolute Gasteiger partial charge is 0.167 e. The molecule has 1 saturated heterocycles. The van der Waals surface area contributed by atoms with Gasteiger partial charge in [0, 0.05) is 19.6 Å². The summed E-state index contributed by atoms with van der Waals surface area (Å²) in [6.45, 7) is 8.60. The molecule has 150 valence electrons. The third-order valence-corrected chi connectivity index (χ3v) is 5.18. The Hall–Kier alpha value is -1.85. The zero-order chi connectivity index (χ0) is 19.6. The standard InChI is InChI=1S/C17H29N7O3/c1-4-23(5-2)7-6-22(3)8-11-13(25)14(26)17(27-11)24-10-21-12-15(18)19-9-20-16(12)24/h9-11,13-14,17,25-26H,4-8H2,1-3H3,(H2,18,19,20)/t11-,13-,14-,17-/m1/s1. The summed E-state index contributed by atoms with van der Waals surface area (Å²) in [7, 11) is 1.99. The molecule has 3 rings (SSSR count). The number of nitrogen functional groups attached to an aromatic ring is 1. The molecule has 2 aromatic rings. The van der Waals surface area contributed by atoms with Crippen molar-refractivity contribution >= 4 is 17.0 Å². The summed E-state index contributed by atoms with van der Waals surface area (Å²) in [4.78, 5) is 16.7. The molecule has 0 aliphatic carbocycles. The number of aliphatic hydroxyl groups excluding tert-OH is 2. The molecular formula is C17H29N7O3. The molecule has 0 aromatic carbocycles. The molecule has 3 heterocycles. The number of fused-ring (bicyclic) bond motifs is 1. The summed E-state index contributed by atoms with van der Waals surface area (Å²) in [6, 6.07) is 0. The highest BCUT2D eigenvalue weighted by Gasteiger charge is 2.44. The van der Waals surface area contributed by atoms with Gasteiger partial charge in [0.05, 0.1) is 6.33 Å². The number of ether oxygens (including phenoxy) is 1. The van der Waals surface area contributed by atoms with E-state index in [-0.39, 0.29) is 5.82 Å². The second kappa shape index (κ2) is 8.44. The number of imidazole rings is 1. The normalized spacial score (nSPS) is 25.9. The zero-order valence-electron chi connectivity index (χ0n) is 16.1. The van der Waals surface area contributed by atoms with Gasteiger partial charge in [-0.05, 0) is 20.1 Å². The van der Waals surface area contributed by atoms with Crippen LogP contribution < -0.4 is 5.73 Å². The number of anilines is 1. The maximum absolute atomic E-state index is 10.5. The van der Waals surface area contributed by atoms with E-state index >= 15 is 0 Å². The molecule has 10 heteroatoms. The summed E-state index contributed by atoms with van der Waals surface area (Å²) in [5.41, 5.74) is 6.73. The van der Waals surface area contributed by atoms with Gasteiger partial charge in [0.25, 0.3) is 0 Å². The van der Waals surface area contributed by atoms with Crippen molar-refractivity contribution in [2.45, 2.75) is 38.4 Å². The van der Waals surface area contributed by atoms with Crippen LogP contribution >= 0.6 is 0 Å². The van der Waals surface area contributed by atoms with Crippen molar-refractivity contribution in [1.29, 1.82) is 0 Å². The Labute approximate surface area is 158 Å². The second-order valence-corrected chi connectivity index (χ2v) is 6.92. The quantitative estimate of drug-likeness (QED) is 0.546. The number of hydrogen-bond donors (Lipinski definition) is 3. The Bertz CT molecular complexity index is 751. The molecule has 4 atom stereocenters. The Kier molecular flexibility index (Phi) is 6.22. The second-order valence-electron chi connectivity index (χ2n) is 6.92. The van der Waals surface area contributed by atoms with Gasteiger partial charge >= 0.3 is 0 Å². The fraction of sp³-hybridized carbons (Fsp3) is 0.706. The van der Waals surface area contributed by atoms with Gasteiger partial charge in [0.1, 0.15) is 30.2 Å². The van der Waals surface area contributed by atoms with Gasteiger partial charge in [0.15, 0.2) is 17.7 Å². The molecule has 27 heavy (non-hydrogen) atoms. The van der Waals surface area contributed by atoms with Crippen LogP contribution in [-0.4, -0.2) is 97.6 Å². The maximum Gasteiger partial charge on any atom is 0.167 e. The van der Waals surface area contributed by atoms with Crippen molar-refractivity contribution in [3.8, 4) is 0 Å². The van der Waals surface area contributed by atoms with Crippen molar-refractivity contribution < 1.29 is 14.9 Å². The predicted molar refractivity (Wildman–Crippen MR) is 101 cm³/mol. The van der Waals surface area contributed by atoms with Crippen molar-refractivity contribution in [2.75, 3.05) is 45.5 Å². The summed E-state index contributed by atoms with van der Waals surface area (Å²) < 4.78 is 7.57. The largest absolute Gasteiger partial charge is 0.387 e. The highest BCUT2D eigenvalue weighted by molar-refractivity contribution is 5.81. The summed E-state index contributed by atoms with van der Waals surface area (Å²) in [5.74, 6) is 0.263. The van der Waals surface area contributed by atoms with Gasteiger partial charge in [-0.25, -0.2) is 15.0 Å². The Morgan fingerprint density at radius 1 is 1.15 bits per heavy atom. The predicted octanol–water partition coefficient (Wildman–Crippen LogP) is -0.699. The van der Waals surface area contributed by atoms with Crippen LogP contribution in [0, 0.1) is 0 Å². The van der Waals surface area contributed by atoms with Gasteiger partial charge in [0.2, 0.25) is 0 Å². The van der Waals surface area contributed by atoms with E-state index < -0.39 is 24.5 Å². The first-order chi connectivity index (χ1) is 13.0. The highest BCUT2D eigenvalue weighted by atomic mass is 16.6. The first kappa shape index (κ1) is 19.9. The van der Waals surface area contributed by atoms with Crippen molar-refractivity contribution in [3.05, 3.63) is 12.7 Å². The van der Waals surface area contributed by atoms with E-state index in [1.54, 1.807) is 4.57 Å². The molecule has 0 bridgehead atoms. The Balaban J connectivity index is 1.67. The third-order valence-electron chi connectivity index (χ3n) is 5.18. The van der Waals surface area contributed by atoms with Crippen LogP contribution in [0.25, 0.3) is 11.2 Å². The number of nitrogens with zero attached hydrogens (tertiary/aromatic N) is 6. The molecule has 0 unspecified atom stereocenters. The number of nitrogens with two attached hydrogens (primary N) is 1. The minimum atomic E-state index is -1.08. The van der Waals surface area contributed by atoms with Crippen LogP contribution in [-0.2, 0) is 4.74 Å². The van der Waals surface area contributed by atoms with Crippen molar-refractivity contribution in [2.24, 2.45) is 0 Å². The average Bonchev–Trinajstić information content (AvgIpc) is 3.20. The van der Waals surface area contributed by atoms with Crippen molar-refractivity contribution in [3.63, 3.8) is 0 Å². The van der Waals surface area contributed by atoms with Crippen LogP contribution in [0.1, 0.15) is 20.1 Å². The number of rotatable bonds is 8. The zero-order valence-corrected chi connectivity index (χ0v) is 16.1. The lowest BCUT2D eigenvalue weighted by molar-refractivity contribution is -0.0425. The number of aliphatic hydroxyl groups is 2. The average molecular weight is 379 g/mol. The van der Waals surface area contributed by atoms with Gasteiger partial charge in [-0.15, -0.1) is 0 Å². The third kappa shape index (κ3) is 4.04. The minimum absolute atomic E-state index is 0.263. The lowest BCUT2D eigenvalue weighted by atomic mass is 10.1. The molecule has 1 fully saturated rings. The first-order valence-corrected chi connectivity index (χ1v) is 9.31. The van der Waals surface area contributed by atoms with E-state index in [4.69, 9.17) is 10.5 Å². The van der Waals surface area contributed by atoms with Gasteiger partial charge < -0.3 is 30.5 Å². The Morgan fingerprint density at radius 3 is 2.59 bits per heavy atom. The highest BCUT2D eigenvalue weighted by Crippen LogP contribution is 2.32. The van der Waals surface area contributed by atoms with E-state index in [1.807, 2.05) is 7.05 Å². The summed E-state index contributed by atoms with van der Waals surface area (Å²) in [6.07, 6.45) is -0.527. The van der Waals surface area contributed by atoms with Gasteiger partial charge in [-0.2, -0.15) is 0 Å². The van der Waals surface area contributed by atoms with Crippen LogP contribution in [0.2, 0.25) is 0 Å². The van der Waals surface area contributed by atoms with Crippen LogP contribution in [0.15, 0.2) is 12.7 Å². The monoisotopic (exact) mass is 379 g/mol. The van der Waals surface area contributed by atoms with E-state index in [0.717, 1.165) is 26.2 Å². The van der Waals surface area contributed by atoms with Crippen LogP contribution in [0.3, 0.4) is 0 Å². The molecule has 1 aliphatic heterocycles. The lowest BCUT2D eigenvalue weighted by Crippen LogP contribution is -2.41. The fourth-order valence-corrected chi connectivity index (χ4v) is 3.42.